The maximum Gasteiger partial charge on any atom is 1.00 e. The van der Waals surface area contributed by atoms with E-state index in [0.29, 0.717) is 5.56 Å². The Labute approximate surface area is 149 Å². The Kier molecular flexibility index (Phi) is 6.11. The van der Waals surface area contributed by atoms with Gasteiger partial charge in [-0.15, -0.1) is 0 Å². The van der Waals surface area contributed by atoms with Crippen molar-refractivity contribution in [2.45, 2.75) is 31.7 Å². The molecule has 0 aromatic heterocycles. The molecule has 2 aliphatic rings. The number of piperidine rings is 1. The zero-order valence-corrected chi connectivity index (χ0v) is 14.8. The summed E-state index contributed by atoms with van der Waals surface area (Å²) in [6, 6.07) is 8.03. The molecule has 0 spiro atoms. The molecular weight excluding hydrogens is 275 g/mol. The fourth-order valence-corrected chi connectivity index (χ4v) is 3.43. The molecule has 0 radical (unpaired) electrons. The van der Waals surface area contributed by atoms with Gasteiger partial charge >= 0.3 is 35.5 Å². The van der Waals surface area contributed by atoms with E-state index in [1.54, 1.807) is 12.1 Å². The average Bonchev–Trinajstić information content (AvgIpc) is 3.02. The number of rotatable bonds is 3. The molecular formula is C16H23N2NaO2. The topological polar surface area (TPSA) is 43.8 Å². The van der Waals surface area contributed by atoms with Crippen LogP contribution in [-0.2, 0) is 0 Å². The van der Waals surface area contributed by atoms with Crippen molar-refractivity contribution in [3.63, 3.8) is 0 Å². The van der Waals surface area contributed by atoms with Gasteiger partial charge in [-0.1, -0.05) is 6.07 Å². The molecule has 0 aliphatic carbocycles. The van der Waals surface area contributed by atoms with Crippen LogP contribution in [0.15, 0.2) is 24.3 Å². The van der Waals surface area contributed by atoms with Gasteiger partial charge in [0.2, 0.25) is 0 Å². The van der Waals surface area contributed by atoms with Gasteiger partial charge in [0, 0.05) is 24.8 Å². The van der Waals surface area contributed by atoms with Crippen molar-refractivity contribution in [1.29, 1.82) is 0 Å². The molecule has 0 saturated carbocycles. The summed E-state index contributed by atoms with van der Waals surface area (Å²) >= 11 is 0. The van der Waals surface area contributed by atoms with Crippen molar-refractivity contribution < 1.29 is 40.9 Å². The first-order chi connectivity index (χ1) is 9.74. The predicted octanol–water partition coefficient (Wildman–Crippen LogP) is -0.434. The molecule has 2 aliphatic heterocycles. The second kappa shape index (κ2) is 7.63. The number of likely N-dealkylation sites (tertiary alicyclic amines) is 1. The fraction of sp³-hybridized carbons (Fsp3) is 0.562. The van der Waals surface area contributed by atoms with Gasteiger partial charge in [0.05, 0.1) is 5.56 Å². The Morgan fingerprint density at radius 1 is 1.14 bits per heavy atom. The van der Waals surface area contributed by atoms with E-state index in [0.717, 1.165) is 24.8 Å². The van der Waals surface area contributed by atoms with Crippen LogP contribution in [0.25, 0.3) is 0 Å². The minimum atomic E-state index is -0.848. The van der Waals surface area contributed by atoms with Gasteiger partial charge in [-0.2, -0.15) is 0 Å². The SMILES string of the molecule is O=C(O)c1cccc(N2CCC(N3CCCC3)CC2)c1.[H-].[Na+]. The van der Waals surface area contributed by atoms with Gasteiger partial charge in [-0.05, 0) is 57.0 Å². The van der Waals surface area contributed by atoms with Gasteiger partial charge in [0.1, 0.15) is 0 Å². The second-order valence-electron chi connectivity index (χ2n) is 5.82. The molecule has 0 atom stereocenters. The molecule has 1 aromatic carbocycles. The molecule has 1 aromatic rings. The number of carbonyl (C=O) groups is 1. The number of aromatic carboxylic acids is 1. The quantitative estimate of drug-likeness (QED) is 0.769. The maximum absolute atomic E-state index is 11.0. The molecule has 0 amide bonds. The van der Waals surface area contributed by atoms with E-state index in [-0.39, 0.29) is 31.0 Å². The summed E-state index contributed by atoms with van der Waals surface area (Å²) < 4.78 is 0. The molecule has 4 nitrogen and oxygen atoms in total. The molecule has 2 fully saturated rings. The van der Waals surface area contributed by atoms with Gasteiger partial charge in [0.15, 0.2) is 0 Å². The van der Waals surface area contributed by atoms with Crippen LogP contribution in [0.5, 0.6) is 0 Å². The van der Waals surface area contributed by atoms with E-state index in [1.165, 1.54) is 38.8 Å². The largest absolute Gasteiger partial charge is 1.00 e. The van der Waals surface area contributed by atoms with Crippen LogP contribution in [0.3, 0.4) is 0 Å². The van der Waals surface area contributed by atoms with Crippen LogP contribution in [-0.4, -0.2) is 48.2 Å². The standard InChI is InChI=1S/C16H22N2O2.Na.H/c19-16(20)13-4-3-5-15(12-13)18-10-6-14(7-11-18)17-8-1-2-9-17;;/h3-5,12,14H,1-2,6-11H2,(H,19,20);;/q;+1;-1. The third-order valence-electron chi connectivity index (χ3n) is 4.58. The molecule has 3 rings (SSSR count). The van der Waals surface area contributed by atoms with Crippen molar-refractivity contribution in [3.8, 4) is 0 Å². The first-order valence-corrected chi connectivity index (χ1v) is 7.56. The average molecular weight is 298 g/mol. The maximum atomic E-state index is 11.0. The zero-order chi connectivity index (χ0) is 13.9. The third-order valence-corrected chi connectivity index (χ3v) is 4.58. The van der Waals surface area contributed by atoms with Gasteiger partial charge in [-0.25, -0.2) is 4.79 Å². The molecule has 5 heteroatoms. The first-order valence-electron chi connectivity index (χ1n) is 7.56. The summed E-state index contributed by atoms with van der Waals surface area (Å²) in [5, 5.41) is 9.07. The number of anilines is 1. The molecule has 110 valence electrons. The van der Waals surface area contributed by atoms with E-state index in [2.05, 4.69) is 9.80 Å². The van der Waals surface area contributed by atoms with Gasteiger partial charge in [-0.3, -0.25) is 0 Å². The smallest absolute Gasteiger partial charge is 1.00 e. The number of benzene rings is 1. The van der Waals surface area contributed by atoms with Crippen LogP contribution in [0.4, 0.5) is 5.69 Å². The number of nitrogens with zero attached hydrogens (tertiary/aromatic N) is 2. The van der Waals surface area contributed by atoms with E-state index in [9.17, 15) is 4.79 Å². The zero-order valence-electron chi connectivity index (χ0n) is 13.8. The Hall–Kier alpha value is -0.550. The van der Waals surface area contributed by atoms with Crippen LogP contribution >= 0.6 is 0 Å². The Morgan fingerprint density at radius 3 is 2.43 bits per heavy atom. The molecule has 2 heterocycles. The van der Waals surface area contributed by atoms with E-state index in [1.807, 2.05) is 12.1 Å². The van der Waals surface area contributed by atoms with Crippen molar-refractivity contribution in [1.82, 2.24) is 4.90 Å². The Balaban J connectivity index is 0.00000121. The molecule has 1 N–H and O–H groups in total. The summed E-state index contributed by atoms with van der Waals surface area (Å²) in [5.41, 5.74) is 1.42. The van der Waals surface area contributed by atoms with Gasteiger partial charge < -0.3 is 16.3 Å². The van der Waals surface area contributed by atoms with Gasteiger partial charge in [0.25, 0.3) is 0 Å². The molecule has 2 saturated heterocycles. The molecule has 0 bridgehead atoms. The summed E-state index contributed by atoms with van der Waals surface area (Å²) in [6.45, 7) is 4.59. The monoisotopic (exact) mass is 298 g/mol. The number of carboxylic acid groups (broad SMARTS) is 1. The minimum absolute atomic E-state index is 0. The number of carboxylic acids is 1. The summed E-state index contributed by atoms with van der Waals surface area (Å²) in [5.74, 6) is -0.848. The van der Waals surface area contributed by atoms with Crippen LogP contribution in [0, 0.1) is 0 Å². The van der Waals surface area contributed by atoms with E-state index < -0.39 is 5.97 Å². The fourth-order valence-electron chi connectivity index (χ4n) is 3.43. The molecule has 21 heavy (non-hydrogen) atoms. The van der Waals surface area contributed by atoms with Crippen molar-refractivity contribution in [2.75, 3.05) is 31.1 Å². The van der Waals surface area contributed by atoms with E-state index >= 15 is 0 Å². The van der Waals surface area contributed by atoms with Crippen molar-refractivity contribution in [3.05, 3.63) is 29.8 Å². The summed E-state index contributed by atoms with van der Waals surface area (Å²) in [7, 11) is 0. The van der Waals surface area contributed by atoms with E-state index in [4.69, 9.17) is 5.11 Å². The summed E-state index contributed by atoms with van der Waals surface area (Å²) in [6.07, 6.45) is 5.08. The summed E-state index contributed by atoms with van der Waals surface area (Å²) in [4.78, 5) is 16.0. The van der Waals surface area contributed by atoms with Crippen LogP contribution < -0.4 is 34.5 Å². The van der Waals surface area contributed by atoms with Crippen molar-refractivity contribution >= 4 is 11.7 Å². The number of hydrogen-bond acceptors (Lipinski definition) is 3. The first kappa shape index (κ1) is 16.8. The normalized spacial score (nSPS) is 20.3. The van der Waals surface area contributed by atoms with Crippen LogP contribution in [0.2, 0.25) is 0 Å². The van der Waals surface area contributed by atoms with Crippen molar-refractivity contribution in [2.24, 2.45) is 0 Å². The predicted molar refractivity (Wildman–Crippen MR) is 80.6 cm³/mol. The third kappa shape index (κ3) is 4.01. The van der Waals surface area contributed by atoms with Crippen LogP contribution in [0.1, 0.15) is 37.5 Å². The number of hydrogen-bond donors (Lipinski definition) is 1. The Morgan fingerprint density at radius 2 is 1.81 bits per heavy atom. The molecule has 0 unspecified atom stereocenters. The Bertz CT molecular complexity index is 487. The second-order valence-corrected chi connectivity index (χ2v) is 5.82. The minimum Gasteiger partial charge on any atom is -1.00 e.